The van der Waals surface area contributed by atoms with Gasteiger partial charge in [-0.15, -0.1) is 11.3 Å². The van der Waals surface area contributed by atoms with E-state index in [1.807, 2.05) is 23.8 Å². The number of hydrogen-bond acceptors (Lipinski definition) is 7. The number of thioether (sulfide) groups is 1. The molecule has 24 heavy (non-hydrogen) atoms. The van der Waals surface area contributed by atoms with Crippen LogP contribution in [0.1, 0.15) is 17.3 Å². The molecular weight excluding hydrogens is 348 g/mol. The molecule has 0 aliphatic carbocycles. The van der Waals surface area contributed by atoms with Crippen molar-refractivity contribution in [1.29, 1.82) is 0 Å². The Morgan fingerprint density at radius 2 is 2.21 bits per heavy atom. The van der Waals surface area contributed by atoms with Gasteiger partial charge in [-0.2, -0.15) is 11.8 Å². The van der Waals surface area contributed by atoms with E-state index in [9.17, 15) is 14.4 Å². The van der Waals surface area contributed by atoms with Gasteiger partial charge in [0.1, 0.15) is 5.54 Å². The maximum Gasteiger partial charge on any atom is 0.326 e. The number of likely N-dealkylation sites (tertiary alicyclic amines) is 1. The van der Waals surface area contributed by atoms with Gasteiger partial charge in [0.25, 0.3) is 0 Å². The number of nitrogens with one attached hydrogen (secondary N) is 1. The second-order valence-electron chi connectivity index (χ2n) is 6.08. The number of imide groups is 1. The van der Waals surface area contributed by atoms with Crippen LogP contribution in [0.2, 0.25) is 0 Å². The topological polar surface area (TPSA) is 75.7 Å². The average Bonchev–Trinajstić information content (AvgIpc) is 3.27. The first-order valence-electron chi connectivity index (χ1n) is 7.67. The number of hydrogen-bond donors (Lipinski definition) is 1. The number of methoxy groups -OCH3 is 1. The molecule has 2 saturated heterocycles. The maximum atomic E-state index is 12.8. The minimum atomic E-state index is -1.16. The van der Waals surface area contributed by atoms with Crippen LogP contribution in [0, 0.1) is 11.8 Å². The molecule has 6 nitrogen and oxygen atoms in total. The van der Waals surface area contributed by atoms with E-state index in [-0.39, 0.29) is 17.9 Å². The normalized spacial score (nSPS) is 32.3. The second kappa shape index (κ2) is 6.50. The first-order valence-corrected chi connectivity index (χ1v) is 9.95. The lowest BCUT2D eigenvalue weighted by Gasteiger charge is -2.31. The third-order valence-corrected chi connectivity index (χ3v) is 6.54. The minimum absolute atomic E-state index is 0.231. The fourth-order valence-electron chi connectivity index (χ4n) is 3.82. The summed E-state index contributed by atoms with van der Waals surface area (Å²) in [5.74, 6) is -1.60. The van der Waals surface area contributed by atoms with Gasteiger partial charge in [0.05, 0.1) is 25.0 Å². The van der Waals surface area contributed by atoms with Crippen molar-refractivity contribution in [3.63, 3.8) is 0 Å². The molecule has 3 heterocycles. The van der Waals surface area contributed by atoms with Crippen LogP contribution in [-0.4, -0.2) is 54.4 Å². The van der Waals surface area contributed by atoms with Crippen molar-refractivity contribution in [2.24, 2.45) is 11.8 Å². The van der Waals surface area contributed by atoms with Gasteiger partial charge >= 0.3 is 5.97 Å². The molecule has 1 aromatic heterocycles. The van der Waals surface area contributed by atoms with E-state index >= 15 is 0 Å². The standard InChI is InChI=1S/C16H20N2O4S2/c1-18-13(19)10-11(14(18)20)16(6-8-23-3,15(21)22-2)17-12(10)9-5-4-7-24-9/h4-5,7,10-12,17H,6,8H2,1-3H3/t10-,11+,12-,16-/m1/s1. The summed E-state index contributed by atoms with van der Waals surface area (Å²) < 4.78 is 5.04. The van der Waals surface area contributed by atoms with E-state index in [1.165, 1.54) is 25.5 Å². The molecule has 1 N–H and O–H groups in total. The van der Waals surface area contributed by atoms with Gasteiger partial charge in [-0.1, -0.05) is 6.07 Å². The smallest absolute Gasteiger partial charge is 0.326 e. The molecule has 0 spiro atoms. The lowest BCUT2D eigenvalue weighted by molar-refractivity contribution is -0.154. The van der Waals surface area contributed by atoms with Crippen LogP contribution < -0.4 is 5.32 Å². The van der Waals surface area contributed by atoms with Crippen LogP contribution in [-0.2, 0) is 19.1 Å². The van der Waals surface area contributed by atoms with Gasteiger partial charge in [0, 0.05) is 11.9 Å². The molecule has 2 fully saturated rings. The van der Waals surface area contributed by atoms with Gasteiger partial charge < -0.3 is 4.74 Å². The van der Waals surface area contributed by atoms with Gasteiger partial charge in [0.15, 0.2) is 0 Å². The number of carbonyl (C=O) groups is 3. The molecule has 1 aromatic rings. The Labute approximate surface area is 148 Å². The first kappa shape index (κ1) is 17.4. The van der Waals surface area contributed by atoms with Crippen molar-refractivity contribution in [2.75, 3.05) is 26.2 Å². The molecule has 2 amide bonds. The molecule has 0 unspecified atom stereocenters. The Morgan fingerprint density at radius 3 is 2.79 bits per heavy atom. The summed E-state index contributed by atoms with van der Waals surface area (Å²) in [6.45, 7) is 0. The SMILES string of the molecule is COC(=O)[C@]1(CCSC)N[C@H](c2cccs2)[C@@H]2C(=O)N(C)C(=O)[C@H]21. The molecule has 2 aliphatic heterocycles. The van der Waals surface area contributed by atoms with Gasteiger partial charge in [-0.05, 0) is 29.9 Å². The molecule has 0 bridgehead atoms. The van der Waals surface area contributed by atoms with Gasteiger partial charge in [0.2, 0.25) is 11.8 Å². The number of thiophene rings is 1. The maximum absolute atomic E-state index is 12.8. The molecule has 0 aromatic carbocycles. The summed E-state index contributed by atoms with van der Waals surface area (Å²) >= 11 is 3.11. The third-order valence-electron chi connectivity index (χ3n) is 4.97. The van der Waals surface area contributed by atoms with E-state index in [2.05, 4.69) is 5.32 Å². The highest BCUT2D eigenvalue weighted by atomic mass is 32.2. The number of carbonyl (C=O) groups excluding carboxylic acids is 3. The van der Waals surface area contributed by atoms with E-state index in [1.54, 1.807) is 11.8 Å². The highest BCUT2D eigenvalue weighted by Gasteiger charge is 2.68. The van der Waals surface area contributed by atoms with Crippen molar-refractivity contribution >= 4 is 40.9 Å². The van der Waals surface area contributed by atoms with Crippen molar-refractivity contribution < 1.29 is 19.1 Å². The fraction of sp³-hybridized carbons (Fsp3) is 0.562. The quantitative estimate of drug-likeness (QED) is 0.623. The van der Waals surface area contributed by atoms with Crippen LogP contribution in [0.15, 0.2) is 17.5 Å². The summed E-state index contributed by atoms with van der Waals surface area (Å²) in [6.07, 6.45) is 2.39. The number of nitrogens with zero attached hydrogens (tertiary/aromatic N) is 1. The monoisotopic (exact) mass is 368 g/mol. The van der Waals surface area contributed by atoms with E-state index in [4.69, 9.17) is 4.74 Å². The summed E-state index contributed by atoms with van der Waals surface area (Å²) in [4.78, 5) is 40.3. The zero-order valence-corrected chi connectivity index (χ0v) is 15.4. The number of rotatable bonds is 5. The highest BCUT2D eigenvalue weighted by Crippen LogP contribution is 2.50. The lowest BCUT2D eigenvalue weighted by atomic mass is 9.78. The zero-order valence-electron chi connectivity index (χ0n) is 13.8. The molecule has 2 aliphatic rings. The molecule has 0 saturated carbocycles. The first-order chi connectivity index (χ1) is 11.5. The number of fused-ring (bicyclic) bond motifs is 1. The van der Waals surface area contributed by atoms with Crippen LogP contribution in [0.3, 0.4) is 0 Å². The Morgan fingerprint density at radius 1 is 1.46 bits per heavy atom. The Bertz CT molecular complexity index is 663. The summed E-state index contributed by atoms with van der Waals surface area (Å²) in [6, 6.07) is 3.48. The van der Waals surface area contributed by atoms with E-state index in [0.29, 0.717) is 12.2 Å². The van der Waals surface area contributed by atoms with Crippen LogP contribution in [0.5, 0.6) is 0 Å². The fourth-order valence-corrected chi connectivity index (χ4v) is 5.17. The van der Waals surface area contributed by atoms with Gasteiger partial charge in [-0.3, -0.25) is 24.6 Å². The van der Waals surface area contributed by atoms with Gasteiger partial charge in [-0.25, -0.2) is 0 Å². The summed E-state index contributed by atoms with van der Waals surface area (Å²) in [5, 5.41) is 5.26. The predicted molar refractivity (Wildman–Crippen MR) is 92.7 cm³/mol. The predicted octanol–water partition coefficient (Wildman–Crippen LogP) is 1.29. The molecule has 3 rings (SSSR count). The van der Waals surface area contributed by atoms with Crippen LogP contribution >= 0.6 is 23.1 Å². The number of ether oxygens (including phenoxy) is 1. The molecular formula is C16H20N2O4S2. The van der Waals surface area contributed by atoms with E-state index in [0.717, 1.165) is 9.78 Å². The largest absolute Gasteiger partial charge is 0.468 e. The highest BCUT2D eigenvalue weighted by molar-refractivity contribution is 7.98. The minimum Gasteiger partial charge on any atom is -0.468 e. The van der Waals surface area contributed by atoms with Crippen molar-refractivity contribution in [2.45, 2.75) is 18.0 Å². The molecule has 8 heteroatoms. The number of esters is 1. The molecule has 4 atom stereocenters. The summed E-state index contributed by atoms with van der Waals surface area (Å²) in [7, 11) is 2.81. The van der Waals surface area contributed by atoms with Crippen molar-refractivity contribution in [3.05, 3.63) is 22.4 Å². The summed E-state index contributed by atoms with van der Waals surface area (Å²) in [5.41, 5.74) is -1.16. The van der Waals surface area contributed by atoms with Crippen molar-refractivity contribution in [1.82, 2.24) is 10.2 Å². The van der Waals surface area contributed by atoms with Crippen LogP contribution in [0.4, 0.5) is 0 Å². The Kier molecular flexibility index (Phi) is 4.72. The molecule has 0 radical (unpaired) electrons. The second-order valence-corrected chi connectivity index (χ2v) is 8.05. The number of amides is 2. The lowest BCUT2D eigenvalue weighted by Crippen LogP contribution is -2.56. The molecule has 130 valence electrons. The third kappa shape index (κ3) is 2.39. The zero-order chi connectivity index (χ0) is 17.5. The van der Waals surface area contributed by atoms with E-state index < -0.39 is 23.3 Å². The van der Waals surface area contributed by atoms with Crippen molar-refractivity contribution in [3.8, 4) is 0 Å². The average molecular weight is 368 g/mol. The Hall–Kier alpha value is -1.38. The Balaban J connectivity index is 2.10. The van der Waals surface area contributed by atoms with Crippen LogP contribution in [0.25, 0.3) is 0 Å².